The number of nitrogens with one attached hydrogen (secondary N) is 1. The van der Waals surface area contributed by atoms with Gasteiger partial charge in [0.05, 0.1) is 19.5 Å². The smallest absolute Gasteiger partial charge is 0.211 e. The molecule has 1 atom stereocenters. The van der Waals surface area contributed by atoms with Crippen LogP contribution >= 0.6 is 0 Å². The van der Waals surface area contributed by atoms with Gasteiger partial charge in [0.15, 0.2) is 0 Å². The Labute approximate surface area is 152 Å². The first kappa shape index (κ1) is 19.5. The van der Waals surface area contributed by atoms with Crippen LogP contribution in [0, 0.1) is 0 Å². The number of piperazine rings is 2. The molecule has 0 bridgehead atoms. The van der Waals surface area contributed by atoms with Gasteiger partial charge in [0.2, 0.25) is 10.0 Å². The van der Waals surface area contributed by atoms with Gasteiger partial charge < -0.3 is 10.1 Å². The molecular formula is C16H33N5O3S. The molecule has 3 heterocycles. The van der Waals surface area contributed by atoms with Crippen molar-refractivity contribution in [3.05, 3.63) is 0 Å². The molecule has 0 aromatic carbocycles. The van der Waals surface area contributed by atoms with Crippen LogP contribution in [0.5, 0.6) is 0 Å². The summed E-state index contributed by atoms with van der Waals surface area (Å²) in [4.78, 5) is 7.56. The predicted molar refractivity (Wildman–Crippen MR) is 98.3 cm³/mol. The molecule has 0 saturated carbocycles. The fraction of sp³-hybridized carbons (Fsp3) is 1.00. The lowest BCUT2D eigenvalue weighted by Crippen LogP contribution is -2.58. The predicted octanol–water partition coefficient (Wildman–Crippen LogP) is -1.83. The summed E-state index contributed by atoms with van der Waals surface area (Å²) < 4.78 is 30.5. The van der Waals surface area contributed by atoms with Gasteiger partial charge in [-0.15, -0.1) is 0 Å². The van der Waals surface area contributed by atoms with Crippen LogP contribution in [0.25, 0.3) is 0 Å². The summed E-state index contributed by atoms with van der Waals surface area (Å²) in [5.41, 5.74) is 0. The number of rotatable bonds is 6. The van der Waals surface area contributed by atoms with Gasteiger partial charge in [0.1, 0.15) is 0 Å². The van der Waals surface area contributed by atoms with Crippen molar-refractivity contribution in [3.63, 3.8) is 0 Å². The van der Waals surface area contributed by atoms with Crippen LogP contribution in [-0.4, -0.2) is 131 Å². The molecule has 25 heavy (non-hydrogen) atoms. The number of morpholine rings is 1. The van der Waals surface area contributed by atoms with Crippen LogP contribution in [-0.2, 0) is 14.8 Å². The van der Waals surface area contributed by atoms with Crippen molar-refractivity contribution in [2.24, 2.45) is 0 Å². The van der Waals surface area contributed by atoms with Gasteiger partial charge in [-0.25, -0.2) is 8.42 Å². The summed E-state index contributed by atoms with van der Waals surface area (Å²) in [6.45, 7) is 13.0. The van der Waals surface area contributed by atoms with Crippen molar-refractivity contribution < 1.29 is 13.2 Å². The standard InChI is InChI=1S/C16H33N5O3S/c1-25(22,23)21-8-6-19(7-9-21)15-16(20-10-12-24-13-11-20)14-18-4-2-17-3-5-18/h16-17H,2-15H2,1H3. The van der Waals surface area contributed by atoms with E-state index in [1.165, 1.54) is 6.26 Å². The van der Waals surface area contributed by atoms with E-state index < -0.39 is 10.0 Å². The molecule has 1 N–H and O–H groups in total. The van der Waals surface area contributed by atoms with Crippen molar-refractivity contribution in [2.45, 2.75) is 6.04 Å². The number of nitrogens with zero attached hydrogens (tertiary/aromatic N) is 4. The average Bonchev–Trinajstić information content (AvgIpc) is 2.62. The van der Waals surface area contributed by atoms with Crippen molar-refractivity contribution in [2.75, 3.05) is 98.0 Å². The molecule has 3 aliphatic rings. The molecule has 0 aliphatic carbocycles. The number of ether oxygens (including phenoxy) is 1. The van der Waals surface area contributed by atoms with Crippen molar-refractivity contribution in [1.29, 1.82) is 0 Å². The highest BCUT2D eigenvalue weighted by Crippen LogP contribution is 2.12. The highest BCUT2D eigenvalue weighted by molar-refractivity contribution is 7.88. The summed E-state index contributed by atoms with van der Waals surface area (Å²) in [6, 6.07) is 0.492. The lowest BCUT2D eigenvalue weighted by atomic mass is 10.1. The van der Waals surface area contributed by atoms with Gasteiger partial charge in [0, 0.05) is 84.6 Å². The zero-order valence-electron chi connectivity index (χ0n) is 15.4. The Kier molecular flexibility index (Phi) is 7.07. The summed E-state index contributed by atoms with van der Waals surface area (Å²) in [5.74, 6) is 0. The molecule has 0 amide bonds. The van der Waals surface area contributed by atoms with Gasteiger partial charge >= 0.3 is 0 Å². The molecule has 9 heteroatoms. The van der Waals surface area contributed by atoms with Crippen molar-refractivity contribution in [3.8, 4) is 0 Å². The maximum atomic E-state index is 11.7. The molecule has 0 spiro atoms. The molecule has 0 radical (unpaired) electrons. The van der Waals surface area contributed by atoms with Crippen molar-refractivity contribution >= 4 is 10.0 Å². The summed E-state index contributed by atoms with van der Waals surface area (Å²) in [7, 11) is -3.06. The highest BCUT2D eigenvalue weighted by Gasteiger charge is 2.29. The first-order valence-electron chi connectivity index (χ1n) is 9.45. The van der Waals surface area contributed by atoms with Crippen LogP contribution in [0.3, 0.4) is 0 Å². The second-order valence-corrected chi connectivity index (χ2v) is 9.30. The maximum Gasteiger partial charge on any atom is 0.211 e. The quantitative estimate of drug-likeness (QED) is 0.586. The molecule has 3 saturated heterocycles. The Bertz CT molecular complexity index is 498. The fourth-order valence-electron chi connectivity index (χ4n) is 3.96. The zero-order valence-corrected chi connectivity index (χ0v) is 16.2. The first-order chi connectivity index (χ1) is 12.0. The van der Waals surface area contributed by atoms with Crippen LogP contribution in [0.2, 0.25) is 0 Å². The number of hydrogen-bond acceptors (Lipinski definition) is 7. The third kappa shape index (κ3) is 5.85. The van der Waals surface area contributed by atoms with Gasteiger partial charge in [-0.1, -0.05) is 0 Å². The second kappa shape index (κ2) is 9.07. The zero-order chi connectivity index (χ0) is 17.7. The molecule has 1 unspecified atom stereocenters. The SMILES string of the molecule is CS(=O)(=O)N1CCN(CC(CN2CCNCC2)N2CCOCC2)CC1. The molecule has 0 aromatic rings. The third-order valence-electron chi connectivity index (χ3n) is 5.51. The van der Waals surface area contributed by atoms with E-state index in [1.54, 1.807) is 4.31 Å². The van der Waals surface area contributed by atoms with Gasteiger partial charge in [0.25, 0.3) is 0 Å². The van der Waals surface area contributed by atoms with E-state index >= 15 is 0 Å². The van der Waals surface area contributed by atoms with Gasteiger partial charge in [-0.3, -0.25) is 14.7 Å². The molecular weight excluding hydrogens is 342 g/mol. The maximum absolute atomic E-state index is 11.7. The van der Waals surface area contributed by atoms with Crippen LogP contribution in [0.15, 0.2) is 0 Å². The van der Waals surface area contributed by atoms with Gasteiger partial charge in [-0.2, -0.15) is 4.31 Å². The molecule has 3 fully saturated rings. The van der Waals surface area contributed by atoms with E-state index in [2.05, 4.69) is 20.0 Å². The van der Waals surface area contributed by atoms with Crippen molar-refractivity contribution in [1.82, 2.24) is 24.3 Å². The minimum Gasteiger partial charge on any atom is -0.379 e. The first-order valence-corrected chi connectivity index (χ1v) is 11.3. The van der Waals surface area contributed by atoms with Crippen LogP contribution in [0.4, 0.5) is 0 Å². The average molecular weight is 376 g/mol. The highest BCUT2D eigenvalue weighted by atomic mass is 32.2. The third-order valence-corrected chi connectivity index (χ3v) is 6.81. The summed E-state index contributed by atoms with van der Waals surface area (Å²) >= 11 is 0. The Morgan fingerprint density at radius 1 is 0.880 bits per heavy atom. The normalized spacial score (nSPS) is 27.4. The van der Waals surface area contributed by atoms with E-state index in [1.807, 2.05) is 0 Å². The Hall–Kier alpha value is -0.290. The lowest BCUT2D eigenvalue weighted by molar-refractivity contribution is -0.00396. The Morgan fingerprint density at radius 2 is 1.44 bits per heavy atom. The monoisotopic (exact) mass is 375 g/mol. The Balaban J connectivity index is 1.55. The van der Waals surface area contributed by atoms with Gasteiger partial charge in [-0.05, 0) is 0 Å². The fourth-order valence-corrected chi connectivity index (χ4v) is 4.79. The molecule has 8 nitrogen and oxygen atoms in total. The number of hydrogen-bond donors (Lipinski definition) is 1. The minimum atomic E-state index is -3.06. The lowest BCUT2D eigenvalue weighted by Gasteiger charge is -2.42. The van der Waals surface area contributed by atoms with E-state index in [0.717, 1.165) is 78.7 Å². The van der Waals surface area contributed by atoms with E-state index in [9.17, 15) is 8.42 Å². The second-order valence-electron chi connectivity index (χ2n) is 7.32. The van der Waals surface area contributed by atoms with Crippen LogP contribution in [0.1, 0.15) is 0 Å². The largest absolute Gasteiger partial charge is 0.379 e. The summed E-state index contributed by atoms with van der Waals surface area (Å²) in [5, 5.41) is 3.42. The molecule has 146 valence electrons. The van der Waals surface area contributed by atoms with E-state index in [0.29, 0.717) is 19.1 Å². The minimum absolute atomic E-state index is 0.492. The summed E-state index contributed by atoms with van der Waals surface area (Å²) in [6.07, 6.45) is 1.31. The topological polar surface area (TPSA) is 68.4 Å². The molecule has 3 aliphatic heterocycles. The van der Waals surface area contributed by atoms with E-state index in [-0.39, 0.29) is 0 Å². The van der Waals surface area contributed by atoms with E-state index in [4.69, 9.17) is 4.74 Å². The van der Waals surface area contributed by atoms with Crippen LogP contribution < -0.4 is 5.32 Å². The Morgan fingerprint density at radius 3 is 2.00 bits per heavy atom. The molecule has 3 rings (SSSR count). The molecule has 0 aromatic heterocycles. The number of sulfonamides is 1.